The molecule has 1 aliphatic heterocycles. The number of hydrogen-bond donors (Lipinski definition) is 1. The molecule has 0 saturated heterocycles. The fraction of sp³-hybridized carbons (Fsp3) is 0.250. The lowest BCUT2D eigenvalue weighted by molar-refractivity contribution is -0.119. The van der Waals surface area contributed by atoms with E-state index in [9.17, 15) is 14.4 Å². The second-order valence-corrected chi connectivity index (χ2v) is 6.31. The van der Waals surface area contributed by atoms with Gasteiger partial charge in [0, 0.05) is 11.6 Å². The second kappa shape index (κ2) is 7.49. The minimum atomic E-state index is -0.588. The van der Waals surface area contributed by atoms with Crippen molar-refractivity contribution in [2.24, 2.45) is 0 Å². The summed E-state index contributed by atoms with van der Waals surface area (Å²) in [6, 6.07) is 8.36. The summed E-state index contributed by atoms with van der Waals surface area (Å²) in [6.07, 6.45) is 0. The lowest BCUT2D eigenvalue weighted by Gasteiger charge is -2.11. The van der Waals surface area contributed by atoms with E-state index in [2.05, 4.69) is 5.32 Å². The standard InChI is InChI=1S/C20H19NO6/c1-11-4-12(2)6-14(5-11)20(24)25-9-19(23)21-16-8-18-17(26-10-27-18)7-15(16)13(3)22/h4-8H,9-10H2,1-3H3,(H,21,23). The number of Topliss-reactive ketones (excluding diaryl/α,β-unsaturated/α-hetero) is 1. The summed E-state index contributed by atoms with van der Waals surface area (Å²) >= 11 is 0. The van der Waals surface area contributed by atoms with Gasteiger partial charge in [0.15, 0.2) is 23.9 Å². The van der Waals surface area contributed by atoms with Crippen molar-refractivity contribution < 1.29 is 28.6 Å². The van der Waals surface area contributed by atoms with E-state index in [1.165, 1.54) is 19.1 Å². The largest absolute Gasteiger partial charge is 0.454 e. The Bertz CT molecular complexity index is 914. The molecule has 7 heteroatoms. The first-order chi connectivity index (χ1) is 12.8. The topological polar surface area (TPSA) is 90.9 Å². The summed E-state index contributed by atoms with van der Waals surface area (Å²) in [4.78, 5) is 36.2. The van der Waals surface area contributed by atoms with Crippen molar-refractivity contribution in [3.05, 3.63) is 52.6 Å². The van der Waals surface area contributed by atoms with Crippen molar-refractivity contribution in [3.63, 3.8) is 0 Å². The van der Waals surface area contributed by atoms with Crippen LogP contribution in [0.5, 0.6) is 11.5 Å². The highest BCUT2D eigenvalue weighted by Gasteiger charge is 2.21. The number of amides is 1. The molecule has 1 aliphatic rings. The van der Waals surface area contributed by atoms with Gasteiger partial charge < -0.3 is 19.5 Å². The fourth-order valence-corrected chi connectivity index (χ4v) is 2.83. The number of benzene rings is 2. The van der Waals surface area contributed by atoms with E-state index in [-0.39, 0.29) is 23.8 Å². The zero-order valence-electron chi connectivity index (χ0n) is 15.3. The van der Waals surface area contributed by atoms with Crippen LogP contribution in [0.4, 0.5) is 5.69 Å². The van der Waals surface area contributed by atoms with Gasteiger partial charge in [0.05, 0.1) is 11.3 Å². The number of carbonyl (C=O) groups is 3. The van der Waals surface area contributed by atoms with Crippen LogP contribution in [0.2, 0.25) is 0 Å². The molecule has 1 N–H and O–H groups in total. The van der Waals surface area contributed by atoms with Crippen LogP contribution in [0.1, 0.15) is 38.8 Å². The monoisotopic (exact) mass is 369 g/mol. The summed E-state index contributed by atoms with van der Waals surface area (Å²) in [6.45, 7) is 4.71. The Morgan fingerprint density at radius 2 is 1.63 bits per heavy atom. The number of fused-ring (bicyclic) bond motifs is 1. The lowest BCUT2D eigenvalue weighted by Crippen LogP contribution is -2.22. The van der Waals surface area contributed by atoms with Gasteiger partial charge in [0.25, 0.3) is 5.91 Å². The van der Waals surface area contributed by atoms with Crippen LogP contribution in [0, 0.1) is 13.8 Å². The van der Waals surface area contributed by atoms with E-state index in [1.54, 1.807) is 12.1 Å². The number of rotatable bonds is 5. The van der Waals surface area contributed by atoms with E-state index in [0.717, 1.165) is 11.1 Å². The van der Waals surface area contributed by atoms with E-state index in [4.69, 9.17) is 14.2 Å². The van der Waals surface area contributed by atoms with Gasteiger partial charge in [0.1, 0.15) is 0 Å². The second-order valence-electron chi connectivity index (χ2n) is 6.31. The molecule has 0 aromatic heterocycles. The van der Waals surface area contributed by atoms with Crippen molar-refractivity contribution in [1.82, 2.24) is 0 Å². The number of hydrogen-bond acceptors (Lipinski definition) is 6. The van der Waals surface area contributed by atoms with Crippen molar-refractivity contribution in [2.75, 3.05) is 18.7 Å². The van der Waals surface area contributed by atoms with Crippen LogP contribution >= 0.6 is 0 Å². The van der Waals surface area contributed by atoms with E-state index < -0.39 is 18.5 Å². The summed E-state index contributed by atoms with van der Waals surface area (Å²) in [5.74, 6) is -0.513. The zero-order valence-corrected chi connectivity index (χ0v) is 15.3. The van der Waals surface area contributed by atoms with Gasteiger partial charge in [0.2, 0.25) is 6.79 Å². The highest BCUT2D eigenvalue weighted by Crippen LogP contribution is 2.37. The van der Waals surface area contributed by atoms with E-state index >= 15 is 0 Å². The highest BCUT2D eigenvalue weighted by atomic mass is 16.7. The zero-order chi connectivity index (χ0) is 19.6. The van der Waals surface area contributed by atoms with Crippen LogP contribution < -0.4 is 14.8 Å². The fourth-order valence-electron chi connectivity index (χ4n) is 2.83. The van der Waals surface area contributed by atoms with Gasteiger partial charge in [-0.1, -0.05) is 17.2 Å². The predicted molar refractivity (Wildman–Crippen MR) is 97.4 cm³/mol. The van der Waals surface area contributed by atoms with E-state index in [1.807, 2.05) is 19.9 Å². The number of anilines is 1. The number of ketones is 1. The molecule has 2 aromatic carbocycles. The third kappa shape index (κ3) is 4.25. The highest BCUT2D eigenvalue weighted by molar-refractivity contribution is 6.05. The molecule has 2 aromatic rings. The number of aryl methyl sites for hydroxylation is 2. The minimum absolute atomic E-state index is 0.0532. The van der Waals surface area contributed by atoms with Gasteiger partial charge in [-0.3, -0.25) is 9.59 Å². The van der Waals surface area contributed by atoms with Gasteiger partial charge in [-0.15, -0.1) is 0 Å². The first-order valence-electron chi connectivity index (χ1n) is 8.33. The van der Waals surface area contributed by atoms with Crippen molar-refractivity contribution in [1.29, 1.82) is 0 Å². The molecule has 0 bridgehead atoms. The maximum atomic E-state index is 12.2. The SMILES string of the molecule is CC(=O)c1cc2c(cc1NC(=O)COC(=O)c1cc(C)cc(C)c1)OCO2. The van der Waals surface area contributed by atoms with Crippen LogP contribution in [0.3, 0.4) is 0 Å². The first-order valence-corrected chi connectivity index (χ1v) is 8.33. The molecule has 1 amide bonds. The van der Waals surface area contributed by atoms with Gasteiger partial charge in [-0.25, -0.2) is 4.79 Å². The number of carbonyl (C=O) groups excluding carboxylic acids is 3. The molecule has 0 saturated carbocycles. The molecule has 140 valence electrons. The first kappa shape index (κ1) is 18.4. The molecule has 0 unspecified atom stereocenters. The smallest absolute Gasteiger partial charge is 0.338 e. The Kier molecular flexibility index (Phi) is 5.12. The molecule has 0 spiro atoms. The maximum Gasteiger partial charge on any atom is 0.338 e. The molecule has 27 heavy (non-hydrogen) atoms. The Labute approximate surface area is 156 Å². The van der Waals surface area contributed by atoms with Crippen LogP contribution in [0.25, 0.3) is 0 Å². The predicted octanol–water partition coefficient (Wildman–Crippen LogP) is 3.03. The van der Waals surface area contributed by atoms with Crippen molar-refractivity contribution in [2.45, 2.75) is 20.8 Å². The Morgan fingerprint density at radius 3 is 2.26 bits per heavy atom. The molecule has 0 radical (unpaired) electrons. The number of nitrogens with one attached hydrogen (secondary N) is 1. The Balaban J connectivity index is 1.67. The van der Waals surface area contributed by atoms with Gasteiger partial charge >= 0.3 is 5.97 Å². The number of esters is 1. The summed E-state index contributed by atoms with van der Waals surface area (Å²) in [7, 11) is 0. The Morgan fingerprint density at radius 1 is 1.00 bits per heavy atom. The molecule has 7 nitrogen and oxygen atoms in total. The van der Waals surface area contributed by atoms with E-state index in [0.29, 0.717) is 17.1 Å². The normalized spacial score (nSPS) is 11.8. The average Bonchev–Trinajstić information content (AvgIpc) is 3.05. The number of ether oxygens (including phenoxy) is 3. The summed E-state index contributed by atoms with van der Waals surface area (Å²) in [5, 5.41) is 2.58. The Hall–Kier alpha value is -3.35. The quantitative estimate of drug-likeness (QED) is 0.643. The van der Waals surface area contributed by atoms with Crippen molar-refractivity contribution >= 4 is 23.3 Å². The van der Waals surface area contributed by atoms with Crippen molar-refractivity contribution in [3.8, 4) is 11.5 Å². The van der Waals surface area contributed by atoms with Gasteiger partial charge in [-0.2, -0.15) is 0 Å². The minimum Gasteiger partial charge on any atom is -0.454 e. The molecule has 1 heterocycles. The maximum absolute atomic E-state index is 12.2. The van der Waals surface area contributed by atoms with Crippen LogP contribution in [0.15, 0.2) is 30.3 Å². The molecule has 0 fully saturated rings. The summed E-state index contributed by atoms with van der Waals surface area (Å²) < 4.78 is 15.6. The van der Waals surface area contributed by atoms with Crippen LogP contribution in [-0.2, 0) is 9.53 Å². The summed E-state index contributed by atoms with van der Waals surface area (Å²) in [5.41, 5.74) is 2.80. The molecular weight excluding hydrogens is 350 g/mol. The van der Waals surface area contributed by atoms with Gasteiger partial charge in [-0.05, 0) is 39.0 Å². The molecular formula is C20H19NO6. The molecule has 0 aliphatic carbocycles. The molecule has 3 rings (SSSR count). The lowest BCUT2D eigenvalue weighted by atomic mass is 10.1. The third-order valence-corrected chi connectivity index (χ3v) is 3.96. The average molecular weight is 369 g/mol. The van der Waals surface area contributed by atoms with Crippen LogP contribution in [-0.4, -0.2) is 31.1 Å². The molecule has 0 atom stereocenters. The third-order valence-electron chi connectivity index (χ3n) is 3.96.